The summed E-state index contributed by atoms with van der Waals surface area (Å²) in [4.78, 5) is 11.1. The van der Waals surface area contributed by atoms with E-state index in [0.29, 0.717) is 19.2 Å². The van der Waals surface area contributed by atoms with Crippen molar-refractivity contribution in [2.75, 3.05) is 13.2 Å². The van der Waals surface area contributed by atoms with Gasteiger partial charge in [0.1, 0.15) is 0 Å². The van der Waals surface area contributed by atoms with Gasteiger partial charge in [0.05, 0.1) is 13.2 Å². The molecule has 2 unspecified atom stereocenters. The molecule has 1 aliphatic rings. The fourth-order valence-corrected chi connectivity index (χ4v) is 2.06. The molecule has 0 bridgehead atoms. The molecule has 0 aromatic rings. The molecule has 0 radical (unpaired) electrons. The van der Waals surface area contributed by atoms with Gasteiger partial charge in [0.15, 0.2) is 0 Å². The Balaban J connectivity index is 2.14. The van der Waals surface area contributed by atoms with Crippen molar-refractivity contribution in [1.82, 2.24) is 5.32 Å². The van der Waals surface area contributed by atoms with Gasteiger partial charge >= 0.3 is 5.97 Å². The summed E-state index contributed by atoms with van der Waals surface area (Å²) < 4.78 is 4.86. The number of hydrogen-bond acceptors (Lipinski definition) is 3. The van der Waals surface area contributed by atoms with E-state index in [1.54, 1.807) is 0 Å². The zero-order chi connectivity index (χ0) is 10.4. The van der Waals surface area contributed by atoms with Crippen LogP contribution in [0.3, 0.4) is 0 Å². The Bertz CT molecular complexity index is 182. The zero-order valence-corrected chi connectivity index (χ0v) is 9.21. The smallest absolute Gasteiger partial charge is 0.319 e. The lowest BCUT2D eigenvalue weighted by Crippen LogP contribution is -2.37. The minimum Gasteiger partial charge on any atom is -0.465 e. The van der Waals surface area contributed by atoms with Crippen LogP contribution in [0.25, 0.3) is 0 Å². The molecule has 14 heavy (non-hydrogen) atoms. The highest BCUT2D eigenvalue weighted by Gasteiger charge is 2.18. The highest BCUT2D eigenvalue weighted by atomic mass is 16.5. The molecule has 1 fully saturated rings. The second kappa shape index (κ2) is 6.02. The highest BCUT2D eigenvalue weighted by Crippen LogP contribution is 2.23. The lowest BCUT2D eigenvalue weighted by atomic mass is 9.87. The molecule has 0 aromatic carbocycles. The number of nitrogens with one attached hydrogen (secondary N) is 1. The van der Waals surface area contributed by atoms with E-state index in [9.17, 15) is 4.79 Å². The van der Waals surface area contributed by atoms with Crippen LogP contribution in [-0.2, 0) is 9.53 Å². The normalized spacial score (nSPS) is 27.3. The van der Waals surface area contributed by atoms with Crippen molar-refractivity contribution in [2.45, 2.75) is 45.6 Å². The standard InChI is InChI=1S/C11H21NO2/c1-3-14-11(13)8-12-10-6-4-5-9(2)7-10/h9-10,12H,3-8H2,1-2H3. The summed E-state index contributed by atoms with van der Waals surface area (Å²) in [5, 5.41) is 3.26. The van der Waals surface area contributed by atoms with E-state index >= 15 is 0 Å². The third-order valence-electron chi connectivity index (χ3n) is 2.78. The molecule has 3 nitrogen and oxygen atoms in total. The Morgan fingerprint density at radius 3 is 2.93 bits per heavy atom. The molecule has 1 N–H and O–H groups in total. The maximum atomic E-state index is 11.1. The monoisotopic (exact) mass is 199 g/mol. The van der Waals surface area contributed by atoms with Crippen LogP contribution in [0.2, 0.25) is 0 Å². The SMILES string of the molecule is CCOC(=O)CNC1CCCC(C)C1. The lowest BCUT2D eigenvalue weighted by molar-refractivity contribution is -0.142. The average molecular weight is 199 g/mol. The van der Waals surface area contributed by atoms with Crippen molar-refractivity contribution in [2.24, 2.45) is 5.92 Å². The maximum Gasteiger partial charge on any atom is 0.319 e. The molecule has 1 saturated carbocycles. The van der Waals surface area contributed by atoms with Crippen LogP contribution in [0, 0.1) is 5.92 Å². The van der Waals surface area contributed by atoms with Crippen LogP contribution in [0.5, 0.6) is 0 Å². The van der Waals surface area contributed by atoms with Crippen molar-refractivity contribution in [3.63, 3.8) is 0 Å². The average Bonchev–Trinajstić information content (AvgIpc) is 2.15. The quantitative estimate of drug-likeness (QED) is 0.701. The molecule has 0 heterocycles. The largest absolute Gasteiger partial charge is 0.465 e. The third kappa shape index (κ3) is 4.09. The number of rotatable bonds is 4. The molecule has 82 valence electrons. The molecule has 3 heteroatoms. The summed E-state index contributed by atoms with van der Waals surface area (Å²) >= 11 is 0. The second-order valence-corrected chi connectivity index (χ2v) is 4.15. The van der Waals surface area contributed by atoms with Crippen molar-refractivity contribution < 1.29 is 9.53 Å². The van der Waals surface area contributed by atoms with Crippen LogP contribution in [0.15, 0.2) is 0 Å². The van der Waals surface area contributed by atoms with Gasteiger partial charge in [0.2, 0.25) is 0 Å². The summed E-state index contributed by atoms with van der Waals surface area (Å²) in [6.45, 7) is 4.95. The van der Waals surface area contributed by atoms with E-state index in [1.807, 2.05) is 6.92 Å². The third-order valence-corrected chi connectivity index (χ3v) is 2.78. The molecule has 0 spiro atoms. The molecule has 0 saturated heterocycles. The fourth-order valence-electron chi connectivity index (χ4n) is 2.06. The molecule has 0 amide bonds. The number of carbonyl (C=O) groups excluding carboxylic acids is 1. The van der Waals surface area contributed by atoms with Gasteiger partial charge in [0, 0.05) is 6.04 Å². The molecule has 1 rings (SSSR count). The number of hydrogen-bond donors (Lipinski definition) is 1. The first kappa shape index (κ1) is 11.5. The lowest BCUT2D eigenvalue weighted by Gasteiger charge is -2.27. The number of ether oxygens (including phenoxy) is 1. The van der Waals surface area contributed by atoms with E-state index in [0.717, 1.165) is 5.92 Å². The predicted molar refractivity (Wildman–Crippen MR) is 56.1 cm³/mol. The van der Waals surface area contributed by atoms with Gasteiger partial charge in [-0.2, -0.15) is 0 Å². The Kier molecular flexibility index (Phi) is 4.94. The number of esters is 1. The van der Waals surface area contributed by atoms with Crippen molar-refractivity contribution in [3.05, 3.63) is 0 Å². The second-order valence-electron chi connectivity index (χ2n) is 4.15. The van der Waals surface area contributed by atoms with Gasteiger partial charge in [0.25, 0.3) is 0 Å². The molecule has 2 atom stereocenters. The summed E-state index contributed by atoms with van der Waals surface area (Å²) in [6.07, 6.45) is 5.00. The summed E-state index contributed by atoms with van der Waals surface area (Å²) in [7, 11) is 0. The van der Waals surface area contributed by atoms with E-state index in [4.69, 9.17) is 4.74 Å². The molecular formula is C11H21NO2. The van der Waals surface area contributed by atoms with E-state index in [1.165, 1.54) is 25.7 Å². The Hall–Kier alpha value is -0.570. The summed E-state index contributed by atoms with van der Waals surface area (Å²) in [6, 6.07) is 0.517. The fraction of sp³-hybridized carbons (Fsp3) is 0.909. The van der Waals surface area contributed by atoms with Crippen LogP contribution in [0.4, 0.5) is 0 Å². The molecular weight excluding hydrogens is 178 g/mol. The molecule has 1 aliphatic carbocycles. The van der Waals surface area contributed by atoms with Crippen LogP contribution < -0.4 is 5.32 Å². The van der Waals surface area contributed by atoms with Crippen LogP contribution in [-0.4, -0.2) is 25.2 Å². The Morgan fingerprint density at radius 1 is 1.50 bits per heavy atom. The zero-order valence-electron chi connectivity index (χ0n) is 9.21. The van der Waals surface area contributed by atoms with E-state index in [2.05, 4.69) is 12.2 Å². The molecule has 0 aromatic heterocycles. The van der Waals surface area contributed by atoms with Gasteiger partial charge < -0.3 is 10.1 Å². The van der Waals surface area contributed by atoms with Crippen LogP contribution in [0.1, 0.15) is 39.5 Å². The van der Waals surface area contributed by atoms with Gasteiger partial charge in [-0.3, -0.25) is 4.79 Å². The Morgan fingerprint density at radius 2 is 2.29 bits per heavy atom. The van der Waals surface area contributed by atoms with E-state index < -0.39 is 0 Å². The van der Waals surface area contributed by atoms with Crippen LogP contribution >= 0.6 is 0 Å². The van der Waals surface area contributed by atoms with Gasteiger partial charge in [-0.25, -0.2) is 0 Å². The predicted octanol–water partition coefficient (Wildman–Crippen LogP) is 1.72. The van der Waals surface area contributed by atoms with Crippen molar-refractivity contribution >= 4 is 5.97 Å². The van der Waals surface area contributed by atoms with Gasteiger partial charge in [-0.05, 0) is 25.7 Å². The highest BCUT2D eigenvalue weighted by molar-refractivity contribution is 5.71. The minimum atomic E-state index is -0.134. The van der Waals surface area contributed by atoms with Crippen molar-refractivity contribution in [3.8, 4) is 0 Å². The first-order chi connectivity index (χ1) is 6.72. The maximum absolute atomic E-state index is 11.1. The Labute approximate surface area is 86.2 Å². The van der Waals surface area contributed by atoms with Crippen molar-refractivity contribution in [1.29, 1.82) is 0 Å². The van der Waals surface area contributed by atoms with E-state index in [-0.39, 0.29) is 5.97 Å². The first-order valence-electron chi connectivity index (χ1n) is 5.61. The first-order valence-corrected chi connectivity index (χ1v) is 5.61. The van der Waals surface area contributed by atoms with Gasteiger partial charge in [-0.15, -0.1) is 0 Å². The summed E-state index contributed by atoms with van der Waals surface area (Å²) in [5.41, 5.74) is 0. The topological polar surface area (TPSA) is 38.3 Å². The summed E-state index contributed by atoms with van der Waals surface area (Å²) in [5.74, 6) is 0.661. The van der Waals surface area contributed by atoms with Gasteiger partial charge in [-0.1, -0.05) is 19.8 Å². The molecule has 0 aliphatic heterocycles. The minimum absolute atomic E-state index is 0.134. The number of carbonyl (C=O) groups is 1.